The van der Waals surface area contributed by atoms with E-state index in [0.717, 1.165) is 11.1 Å². The van der Waals surface area contributed by atoms with E-state index in [0.29, 0.717) is 12.0 Å². The molecule has 0 saturated heterocycles. The van der Waals surface area contributed by atoms with Crippen LogP contribution in [0, 0.1) is 13.8 Å². The molecule has 0 saturated carbocycles. The Hall–Kier alpha value is -3.14. The summed E-state index contributed by atoms with van der Waals surface area (Å²) in [5.74, 6) is -1.57. The van der Waals surface area contributed by atoms with E-state index in [1.807, 2.05) is 32.9 Å². The molecule has 0 heterocycles. The van der Waals surface area contributed by atoms with E-state index < -0.39 is 54.2 Å². The predicted molar refractivity (Wildman–Crippen MR) is 140 cm³/mol. The zero-order valence-electron chi connectivity index (χ0n) is 23.3. The van der Waals surface area contributed by atoms with E-state index in [1.165, 1.54) is 4.90 Å². The topological polar surface area (TPSA) is 134 Å². The summed E-state index contributed by atoms with van der Waals surface area (Å²) in [6.45, 7) is 13.8. The Labute approximate surface area is 220 Å². The second-order valence-electron chi connectivity index (χ2n) is 9.98. The highest BCUT2D eigenvalue weighted by molar-refractivity contribution is 5.92. The van der Waals surface area contributed by atoms with Crippen molar-refractivity contribution in [2.75, 3.05) is 19.8 Å². The van der Waals surface area contributed by atoms with Gasteiger partial charge in [-0.15, -0.1) is 0 Å². The molecule has 10 heteroatoms. The lowest BCUT2D eigenvalue weighted by Gasteiger charge is -2.38. The van der Waals surface area contributed by atoms with Gasteiger partial charge in [0, 0.05) is 12.6 Å². The number of alkyl carbamates (subject to hydrolysis) is 1. The van der Waals surface area contributed by atoms with Gasteiger partial charge in [-0.2, -0.15) is 0 Å². The van der Waals surface area contributed by atoms with Crippen LogP contribution in [0.2, 0.25) is 0 Å². The molecule has 0 aliphatic carbocycles. The first-order valence-electron chi connectivity index (χ1n) is 12.7. The van der Waals surface area contributed by atoms with E-state index in [9.17, 15) is 24.3 Å². The fourth-order valence-electron chi connectivity index (χ4n) is 3.60. The van der Waals surface area contributed by atoms with Crippen molar-refractivity contribution in [1.29, 1.82) is 0 Å². The number of carbonyl (C=O) groups excluding carboxylic acids is 4. The number of benzene rings is 1. The molecule has 0 bridgehead atoms. The molecule has 0 aromatic heterocycles. The van der Waals surface area contributed by atoms with Crippen LogP contribution in [0.15, 0.2) is 18.2 Å². The van der Waals surface area contributed by atoms with Gasteiger partial charge in [-0.1, -0.05) is 25.1 Å². The van der Waals surface area contributed by atoms with Gasteiger partial charge < -0.3 is 30.1 Å². The quantitative estimate of drug-likeness (QED) is 0.360. The van der Waals surface area contributed by atoms with Gasteiger partial charge in [-0.25, -0.2) is 4.79 Å². The largest absolute Gasteiger partial charge is 0.466 e. The molecule has 3 N–H and O–H groups in total. The van der Waals surface area contributed by atoms with Crippen LogP contribution in [0.3, 0.4) is 0 Å². The third-order valence-corrected chi connectivity index (χ3v) is 5.80. The van der Waals surface area contributed by atoms with Crippen LogP contribution in [0.4, 0.5) is 4.79 Å². The second-order valence-corrected chi connectivity index (χ2v) is 9.98. The molecule has 3 atom stereocenters. The summed E-state index contributed by atoms with van der Waals surface area (Å²) < 4.78 is 10.2. The zero-order chi connectivity index (χ0) is 28.3. The van der Waals surface area contributed by atoms with E-state index in [4.69, 9.17) is 9.47 Å². The van der Waals surface area contributed by atoms with Crippen LogP contribution in [-0.4, -0.2) is 71.3 Å². The van der Waals surface area contributed by atoms with Crippen LogP contribution in [0.5, 0.6) is 0 Å². The van der Waals surface area contributed by atoms with Gasteiger partial charge in [0.05, 0.1) is 19.6 Å². The minimum absolute atomic E-state index is 0.0179. The molecule has 0 fully saturated rings. The Morgan fingerprint density at radius 1 is 1.08 bits per heavy atom. The minimum atomic E-state index is -1.33. The van der Waals surface area contributed by atoms with Crippen LogP contribution in [-0.2, 0) is 23.9 Å². The first kappa shape index (κ1) is 31.9. The molecule has 0 aliphatic rings. The van der Waals surface area contributed by atoms with Crippen LogP contribution < -0.4 is 10.6 Å². The number of hydrogen-bond acceptors (Lipinski definition) is 7. The van der Waals surface area contributed by atoms with Gasteiger partial charge in [0.25, 0.3) is 0 Å². The SMILES string of the molecule is CCOC(=O)CCNC(=O)C(c1ccc(C)c(C)c1)N(C(=O)C(CO)NC(=O)OC(C)(C)C)C(C)CC. The zero-order valence-corrected chi connectivity index (χ0v) is 23.3. The third-order valence-electron chi connectivity index (χ3n) is 5.80. The highest BCUT2D eigenvalue weighted by atomic mass is 16.6. The molecule has 0 aliphatic heterocycles. The number of carbonyl (C=O) groups is 4. The standard InChI is InChI=1S/C27H43N3O7/c1-9-19(5)30(25(34)21(16-31)29-26(35)37-27(6,7)8)23(20-12-11-17(3)18(4)15-20)24(33)28-14-13-22(32)36-10-2/h11-12,15,19,21,23,31H,9-10,13-14,16H2,1-8H3,(H,28,33)(H,29,35). The maximum atomic E-state index is 13.8. The Balaban J connectivity index is 3.40. The Morgan fingerprint density at radius 3 is 2.24 bits per heavy atom. The smallest absolute Gasteiger partial charge is 0.408 e. The monoisotopic (exact) mass is 521 g/mol. The van der Waals surface area contributed by atoms with Gasteiger partial charge in [0.1, 0.15) is 17.7 Å². The highest BCUT2D eigenvalue weighted by Gasteiger charge is 2.38. The van der Waals surface area contributed by atoms with Crippen LogP contribution in [0.25, 0.3) is 0 Å². The number of aliphatic hydroxyl groups excluding tert-OH is 1. The van der Waals surface area contributed by atoms with Gasteiger partial charge >= 0.3 is 12.1 Å². The lowest BCUT2D eigenvalue weighted by atomic mass is 9.96. The second kappa shape index (κ2) is 14.6. The number of nitrogens with one attached hydrogen (secondary N) is 2. The van der Waals surface area contributed by atoms with Crippen molar-refractivity contribution < 1.29 is 33.8 Å². The molecule has 10 nitrogen and oxygen atoms in total. The average molecular weight is 522 g/mol. The van der Waals surface area contributed by atoms with Crippen molar-refractivity contribution in [3.8, 4) is 0 Å². The highest BCUT2D eigenvalue weighted by Crippen LogP contribution is 2.27. The van der Waals surface area contributed by atoms with Crippen molar-refractivity contribution in [2.45, 2.75) is 92.0 Å². The van der Waals surface area contributed by atoms with Gasteiger partial charge in [0.15, 0.2) is 0 Å². The number of hydrogen-bond donors (Lipinski definition) is 3. The molecular formula is C27H43N3O7. The number of aliphatic hydroxyl groups is 1. The molecular weight excluding hydrogens is 478 g/mol. The van der Waals surface area contributed by atoms with Crippen molar-refractivity contribution >= 4 is 23.9 Å². The molecule has 0 radical (unpaired) electrons. The average Bonchev–Trinajstić information content (AvgIpc) is 2.80. The fraction of sp³-hybridized carbons (Fsp3) is 0.630. The van der Waals surface area contributed by atoms with E-state index in [2.05, 4.69) is 10.6 Å². The lowest BCUT2D eigenvalue weighted by molar-refractivity contribution is -0.146. The van der Waals surface area contributed by atoms with Crippen molar-refractivity contribution in [1.82, 2.24) is 15.5 Å². The number of aryl methyl sites for hydroxylation is 2. The molecule has 37 heavy (non-hydrogen) atoms. The number of amides is 3. The first-order chi connectivity index (χ1) is 17.2. The van der Waals surface area contributed by atoms with E-state index >= 15 is 0 Å². The molecule has 1 rings (SSSR count). The summed E-state index contributed by atoms with van der Waals surface area (Å²) in [4.78, 5) is 52.8. The van der Waals surface area contributed by atoms with Crippen LogP contribution in [0.1, 0.15) is 77.1 Å². The Bertz CT molecular complexity index is 942. The van der Waals surface area contributed by atoms with Crippen molar-refractivity contribution in [2.24, 2.45) is 0 Å². The third kappa shape index (κ3) is 10.0. The Morgan fingerprint density at radius 2 is 1.73 bits per heavy atom. The fourth-order valence-corrected chi connectivity index (χ4v) is 3.60. The number of nitrogens with zero attached hydrogens (tertiary/aromatic N) is 1. The van der Waals surface area contributed by atoms with Gasteiger partial charge in [-0.05, 0) is 71.6 Å². The summed E-state index contributed by atoms with van der Waals surface area (Å²) >= 11 is 0. The minimum Gasteiger partial charge on any atom is -0.466 e. The summed E-state index contributed by atoms with van der Waals surface area (Å²) in [6.07, 6.45) is -0.366. The summed E-state index contributed by atoms with van der Waals surface area (Å²) in [5, 5.41) is 15.2. The molecule has 1 aromatic carbocycles. The maximum absolute atomic E-state index is 13.8. The van der Waals surface area contributed by atoms with Gasteiger partial charge in [-0.3, -0.25) is 14.4 Å². The Kier molecular flexibility index (Phi) is 12.6. The van der Waals surface area contributed by atoms with Crippen LogP contribution >= 0.6 is 0 Å². The van der Waals surface area contributed by atoms with E-state index in [-0.39, 0.29) is 19.6 Å². The van der Waals surface area contributed by atoms with Crippen molar-refractivity contribution in [3.05, 3.63) is 34.9 Å². The lowest BCUT2D eigenvalue weighted by Crippen LogP contribution is -2.56. The normalized spacial score (nSPS) is 13.6. The van der Waals surface area contributed by atoms with Crippen molar-refractivity contribution in [3.63, 3.8) is 0 Å². The summed E-state index contributed by atoms with van der Waals surface area (Å²) in [6, 6.07) is 2.65. The number of rotatable bonds is 12. The molecule has 208 valence electrons. The maximum Gasteiger partial charge on any atom is 0.408 e. The molecule has 3 amide bonds. The molecule has 1 aromatic rings. The molecule has 0 spiro atoms. The first-order valence-corrected chi connectivity index (χ1v) is 12.7. The predicted octanol–water partition coefficient (Wildman–Crippen LogP) is 2.93. The summed E-state index contributed by atoms with van der Waals surface area (Å²) in [5.41, 5.74) is 1.72. The molecule has 3 unspecified atom stereocenters. The van der Waals surface area contributed by atoms with Gasteiger partial charge in [0.2, 0.25) is 11.8 Å². The number of esters is 1. The summed E-state index contributed by atoms with van der Waals surface area (Å²) in [7, 11) is 0. The van der Waals surface area contributed by atoms with E-state index in [1.54, 1.807) is 40.7 Å². The number of ether oxygens (including phenoxy) is 2.